The predicted octanol–water partition coefficient (Wildman–Crippen LogP) is 4.31. The molecule has 5 nitrogen and oxygen atoms in total. The average molecular weight is 416 g/mol. The minimum absolute atomic E-state index is 0.0705. The molecule has 1 heterocycles. The Labute approximate surface area is 164 Å². The van der Waals surface area contributed by atoms with Gasteiger partial charge in [-0.1, -0.05) is 17.7 Å². The topological polar surface area (TPSA) is 48.0 Å². The number of fused-ring (bicyclic) bond motifs is 1. The fraction of sp³-hybridized carbons (Fsp3) is 0.316. The Kier molecular flexibility index (Phi) is 5.60. The molecule has 0 spiro atoms. The number of hydrogen-bond acceptors (Lipinski definition) is 4. The lowest BCUT2D eigenvalue weighted by Crippen LogP contribution is -2.41. The van der Waals surface area contributed by atoms with E-state index >= 15 is 0 Å². The van der Waals surface area contributed by atoms with Gasteiger partial charge in [0.15, 0.2) is 11.5 Å². The molecule has 2 aromatic carbocycles. The maximum Gasteiger partial charge on any atom is 0.471 e. The van der Waals surface area contributed by atoms with Crippen LogP contribution in [0.1, 0.15) is 5.56 Å². The molecule has 28 heavy (non-hydrogen) atoms. The summed E-state index contributed by atoms with van der Waals surface area (Å²) in [5.74, 6) is -0.720. The quantitative estimate of drug-likeness (QED) is 0.749. The summed E-state index contributed by atoms with van der Waals surface area (Å²) in [6, 6.07) is 8.50. The van der Waals surface area contributed by atoms with Gasteiger partial charge in [0.25, 0.3) is 0 Å². The Morgan fingerprint density at radius 3 is 2.43 bits per heavy atom. The highest BCUT2D eigenvalue weighted by molar-refractivity contribution is 6.32. The predicted molar refractivity (Wildman–Crippen MR) is 97.0 cm³/mol. The summed E-state index contributed by atoms with van der Waals surface area (Å²) >= 11 is 6.18. The van der Waals surface area contributed by atoms with E-state index in [1.54, 1.807) is 30.3 Å². The summed E-state index contributed by atoms with van der Waals surface area (Å²) in [6.07, 6.45) is -4.95. The molecular weight excluding hydrogens is 399 g/mol. The van der Waals surface area contributed by atoms with Gasteiger partial charge in [-0.3, -0.25) is 4.79 Å². The summed E-state index contributed by atoms with van der Waals surface area (Å²) in [5.41, 5.74) is 1.78. The number of carbonyl (C=O) groups excluding carboxylic acids is 1. The van der Waals surface area contributed by atoms with Crippen LogP contribution in [0.2, 0.25) is 5.02 Å². The minimum atomic E-state index is -4.95. The molecule has 0 saturated heterocycles. The van der Waals surface area contributed by atoms with Crippen molar-refractivity contribution in [3.05, 3.63) is 40.9 Å². The number of nitrogens with zero attached hydrogens (tertiary/aromatic N) is 1. The van der Waals surface area contributed by atoms with Crippen molar-refractivity contribution in [1.29, 1.82) is 0 Å². The maximum atomic E-state index is 12.9. The molecule has 2 aromatic rings. The van der Waals surface area contributed by atoms with Gasteiger partial charge in [0.05, 0.1) is 25.8 Å². The smallest absolute Gasteiger partial charge is 0.471 e. The number of ether oxygens (including phenoxy) is 3. The van der Waals surface area contributed by atoms with Gasteiger partial charge in [-0.2, -0.15) is 13.2 Å². The lowest BCUT2D eigenvalue weighted by atomic mass is 10.0. The minimum Gasteiger partial charge on any atom is -0.495 e. The van der Waals surface area contributed by atoms with Crippen molar-refractivity contribution in [2.24, 2.45) is 0 Å². The van der Waals surface area contributed by atoms with E-state index in [0.29, 0.717) is 39.0 Å². The van der Waals surface area contributed by atoms with E-state index < -0.39 is 12.1 Å². The Hall–Kier alpha value is -2.61. The first kappa shape index (κ1) is 20.1. The van der Waals surface area contributed by atoms with Crippen LogP contribution in [0.15, 0.2) is 30.3 Å². The summed E-state index contributed by atoms with van der Waals surface area (Å²) in [4.78, 5) is 12.4. The lowest BCUT2D eigenvalue weighted by Gasteiger charge is -2.21. The molecule has 0 aromatic heterocycles. The van der Waals surface area contributed by atoms with Crippen LogP contribution in [-0.4, -0.2) is 44.4 Å². The molecule has 0 atom stereocenters. The van der Waals surface area contributed by atoms with Crippen LogP contribution in [0.3, 0.4) is 0 Å². The van der Waals surface area contributed by atoms with Crippen molar-refractivity contribution in [2.75, 3.05) is 27.4 Å². The van der Waals surface area contributed by atoms with Crippen molar-refractivity contribution in [1.82, 2.24) is 4.90 Å². The van der Waals surface area contributed by atoms with Crippen molar-refractivity contribution < 1.29 is 32.2 Å². The van der Waals surface area contributed by atoms with Crippen molar-refractivity contribution >= 4 is 17.5 Å². The highest BCUT2D eigenvalue weighted by Gasteiger charge is 2.43. The number of amides is 1. The lowest BCUT2D eigenvalue weighted by molar-refractivity contribution is -0.186. The van der Waals surface area contributed by atoms with E-state index in [2.05, 4.69) is 0 Å². The third-order valence-corrected chi connectivity index (χ3v) is 4.63. The molecule has 0 aliphatic carbocycles. The van der Waals surface area contributed by atoms with Crippen LogP contribution in [0.5, 0.6) is 17.2 Å². The second-order valence-corrected chi connectivity index (χ2v) is 6.50. The first-order valence-corrected chi connectivity index (χ1v) is 8.66. The van der Waals surface area contributed by atoms with Crippen LogP contribution in [0.25, 0.3) is 11.1 Å². The van der Waals surface area contributed by atoms with E-state index in [4.69, 9.17) is 25.8 Å². The van der Waals surface area contributed by atoms with Crippen molar-refractivity contribution in [3.8, 4) is 28.4 Å². The fourth-order valence-corrected chi connectivity index (χ4v) is 3.26. The highest BCUT2D eigenvalue weighted by atomic mass is 35.5. The van der Waals surface area contributed by atoms with Gasteiger partial charge in [0.1, 0.15) is 12.4 Å². The normalized spacial score (nSPS) is 14.0. The number of rotatable bonds is 3. The molecule has 1 aliphatic heterocycles. The molecule has 0 bridgehead atoms. The number of methoxy groups -OCH3 is 2. The monoisotopic (exact) mass is 415 g/mol. The molecule has 0 fully saturated rings. The third kappa shape index (κ3) is 3.96. The number of alkyl halides is 3. The zero-order chi connectivity index (χ0) is 20.5. The van der Waals surface area contributed by atoms with Crippen LogP contribution in [0.4, 0.5) is 13.2 Å². The number of halogens is 4. The molecule has 150 valence electrons. The molecular formula is C19H17ClF3NO4. The van der Waals surface area contributed by atoms with Gasteiger partial charge >= 0.3 is 12.1 Å². The summed E-state index contributed by atoms with van der Waals surface area (Å²) in [7, 11) is 2.93. The number of carbonyl (C=O) groups is 1. The molecule has 0 saturated carbocycles. The van der Waals surface area contributed by atoms with E-state index in [0.717, 1.165) is 4.90 Å². The van der Waals surface area contributed by atoms with E-state index in [-0.39, 0.29) is 19.7 Å². The number of benzene rings is 2. The standard InChI is InChI=1S/C19H17ClF3NO4/c1-26-15-4-3-11(8-14(15)20)12-7-13-10-24(18(25)19(21,22)23)5-6-28-17(13)16(9-12)27-2/h3-4,7-9H,5-6,10H2,1-2H3. The Morgan fingerprint density at radius 1 is 1.11 bits per heavy atom. The van der Waals surface area contributed by atoms with Crippen LogP contribution in [-0.2, 0) is 11.3 Å². The average Bonchev–Trinajstić information content (AvgIpc) is 2.88. The molecule has 0 radical (unpaired) electrons. The van der Waals surface area contributed by atoms with Gasteiger partial charge in [0.2, 0.25) is 0 Å². The zero-order valence-electron chi connectivity index (χ0n) is 15.1. The SMILES string of the molecule is COc1ccc(-c2cc3c(c(OC)c2)OCCN(C(=O)C(F)(F)F)C3)cc1Cl. The molecule has 1 aliphatic rings. The fourth-order valence-electron chi connectivity index (χ4n) is 3.00. The first-order valence-electron chi connectivity index (χ1n) is 8.28. The van der Waals surface area contributed by atoms with E-state index in [1.807, 2.05) is 0 Å². The van der Waals surface area contributed by atoms with Crippen molar-refractivity contribution in [3.63, 3.8) is 0 Å². The Bertz CT molecular complexity index is 901. The molecule has 3 rings (SSSR count). The zero-order valence-corrected chi connectivity index (χ0v) is 15.9. The van der Waals surface area contributed by atoms with E-state index in [9.17, 15) is 18.0 Å². The Balaban J connectivity index is 2.04. The Morgan fingerprint density at radius 2 is 1.82 bits per heavy atom. The van der Waals surface area contributed by atoms with Gasteiger partial charge < -0.3 is 19.1 Å². The maximum absolute atomic E-state index is 12.9. The van der Waals surface area contributed by atoms with Crippen LogP contribution in [0, 0.1) is 0 Å². The molecule has 0 N–H and O–H groups in total. The van der Waals surface area contributed by atoms with Gasteiger partial charge in [-0.15, -0.1) is 0 Å². The summed E-state index contributed by atoms with van der Waals surface area (Å²) < 4.78 is 54.7. The number of hydrogen-bond donors (Lipinski definition) is 0. The third-order valence-electron chi connectivity index (χ3n) is 4.34. The largest absolute Gasteiger partial charge is 0.495 e. The highest BCUT2D eigenvalue weighted by Crippen LogP contribution is 2.40. The van der Waals surface area contributed by atoms with E-state index in [1.165, 1.54) is 14.2 Å². The summed E-state index contributed by atoms with van der Waals surface area (Å²) in [5, 5.41) is 0.388. The van der Waals surface area contributed by atoms with Gasteiger partial charge in [-0.25, -0.2) is 0 Å². The summed E-state index contributed by atoms with van der Waals surface area (Å²) in [6.45, 7) is -0.499. The second-order valence-electron chi connectivity index (χ2n) is 6.09. The van der Waals surface area contributed by atoms with Crippen LogP contribution < -0.4 is 14.2 Å². The van der Waals surface area contributed by atoms with Crippen molar-refractivity contribution in [2.45, 2.75) is 12.7 Å². The second kappa shape index (κ2) is 7.79. The first-order chi connectivity index (χ1) is 13.2. The van der Waals surface area contributed by atoms with Gasteiger partial charge in [0, 0.05) is 12.1 Å². The van der Waals surface area contributed by atoms with Gasteiger partial charge in [-0.05, 0) is 35.4 Å². The molecule has 9 heteroatoms. The van der Waals surface area contributed by atoms with Crippen LogP contribution >= 0.6 is 11.6 Å². The molecule has 1 amide bonds. The molecule has 0 unspecified atom stereocenters.